The fourth-order valence-corrected chi connectivity index (χ4v) is 5.87. The van der Waals surface area contributed by atoms with Crippen molar-refractivity contribution in [3.05, 3.63) is 33.8 Å². The Kier molecular flexibility index (Phi) is 5.42. The highest BCUT2D eigenvalue weighted by molar-refractivity contribution is 7.78. The average Bonchev–Trinajstić information content (AvgIpc) is 3.28. The molecule has 0 radical (unpaired) electrons. The van der Waals surface area contributed by atoms with Gasteiger partial charge in [0.1, 0.15) is 5.82 Å². The zero-order chi connectivity index (χ0) is 19.9. The molecule has 4 rings (SSSR count). The minimum Gasteiger partial charge on any atom is -0.478 e. The summed E-state index contributed by atoms with van der Waals surface area (Å²) in [5.41, 5.74) is 3.42. The van der Waals surface area contributed by atoms with Crippen molar-refractivity contribution >= 4 is 35.9 Å². The van der Waals surface area contributed by atoms with Crippen LogP contribution in [0.2, 0.25) is 0 Å². The minimum atomic E-state index is -0.835. The van der Waals surface area contributed by atoms with E-state index in [4.69, 9.17) is 4.98 Å². The summed E-state index contributed by atoms with van der Waals surface area (Å²) in [5.74, 6) is 0.137. The van der Waals surface area contributed by atoms with E-state index in [2.05, 4.69) is 42.4 Å². The highest BCUT2D eigenvalue weighted by atomic mass is 32.1. The number of rotatable bonds is 5. The van der Waals surface area contributed by atoms with Gasteiger partial charge in [0.25, 0.3) is 0 Å². The van der Waals surface area contributed by atoms with Crippen molar-refractivity contribution in [3.63, 3.8) is 0 Å². The summed E-state index contributed by atoms with van der Waals surface area (Å²) in [4.78, 5) is 21.5. The molecule has 150 valence electrons. The highest BCUT2D eigenvalue weighted by Gasteiger charge is 2.33. The molecular weight excluding hydrogens is 390 g/mol. The number of fused-ring (bicyclic) bond motifs is 1. The van der Waals surface area contributed by atoms with E-state index in [0.29, 0.717) is 12.1 Å². The zero-order valence-electron chi connectivity index (χ0n) is 16.4. The maximum atomic E-state index is 12.2. The molecule has 3 heterocycles. The highest BCUT2D eigenvalue weighted by Crippen LogP contribution is 2.45. The summed E-state index contributed by atoms with van der Waals surface area (Å²) < 4.78 is 2.91. The van der Waals surface area contributed by atoms with Crippen molar-refractivity contribution in [3.8, 4) is 10.4 Å². The molecule has 1 aliphatic carbocycles. The SMILES string of the molecule is CC1(C)CCc2sc(-c3ccc(N4CCCC4)nc3CNS)c(C(=O)O)c2C1. The number of carbonyl (C=O) groups is 1. The van der Waals surface area contributed by atoms with Crippen molar-refractivity contribution in [1.82, 2.24) is 9.71 Å². The molecular formula is C21H27N3O2S2. The molecule has 1 saturated heterocycles. The number of thiol groups is 1. The molecule has 7 heteroatoms. The number of hydrogen-bond acceptors (Lipinski definition) is 6. The maximum absolute atomic E-state index is 12.2. The maximum Gasteiger partial charge on any atom is 0.337 e. The number of hydrogen-bond donors (Lipinski definition) is 3. The Hall–Kier alpha value is -1.57. The molecule has 5 nitrogen and oxygen atoms in total. The van der Waals surface area contributed by atoms with Crippen LogP contribution in [-0.4, -0.2) is 29.1 Å². The van der Waals surface area contributed by atoms with Gasteiger partial charge in [0, 0.05) is 30.1 Å². The standard InChI is InChI=1S/C21H27N3O2S2/c1-21(2)8-7-16-14(11-21)18(20(25)26)19(28-16)13-5-6-17(23-15(13)12-22-27)24-9-3-4-10-24/h5-6,22,27H,3-4,7-12H2,1-2H3,(H,25,26). The second-order valence-corrected chi connectivity index (χ2v) is 9.97. The monoisotopic (exact) mass is 417 g/mol. The fourth-order valence-electron chi connectivity index (χ4n) is 4.36. The minimum absolute atomic E-state index is 0.142. The Morgan fingerprint density at radius 1 is 1.36 bits per heavy atom. The van der Waals surface area contributed by atoms with Gasteiger partial charge >= 0.3 is 5.97 Å². The average molecular weight is 418 g/mol. The number of nitrogens with one attached hydrogen (secondary N) is 1. The molecule has 0 amide bonds. The second-order valence-electron chi connectivity index (χ2n) is 8.55. The molecule has 0 unspecified atom stereocenters. The van der Waals surface area contributed by atoms with Crippen molar-refractivity contribution in [2.24, 2.45) is 5.41 Å². The molecule has 2 N–H and O–H groups in total. The van der Waals surface area contributed by atoms with Crippen LogP contribution in [0.25, 0.3) is 10.4 Å². The van der Waals surface area contributed by atoms with Gasteiger partial charge in [-0.1, -0.05) is 26.7 Å². The van der Waals surface area contributed by atoms with Gasteiger partial charge in [0.15, 0.2) is 0 Å². The summed E-state index contributed by atoms with van der Waals surface area (Å²) >= 11 is 5.82. The topological polar surface area (TPSA) is 65.5 Å². The second kappa shape index (κ2) is 7.69. The number of aromatic nitrogens is 1. The molecule has 2 aromatic rings. The molecule has 1 fully saturated rings. The van der Waals surface area contributed by atoms with Gasteiger partial charge in [-0.2, -0.15) is 0 Å². The van der Waals surface area contributed by atoms with E-state index in [1.807, 2.05) is 6.07 Å². The van der Waals surface area contributed by atoms with Crippen molar-refractivity contribution in [1.29, 1.82) is 0 Å². The molecule has 1 aliphatic heterocycles. The molecule has 28 heavy (non-hydrogen) atoms. The lowest BCUT2D eigenvalue weighted by atomic mass is 9.76. The number of thiophene rings is 1. The van der Waals surface area contributed by atoms with Gasteiger partial charge in [-0.3, -0.25) is 4.72 Å². The van der Waals surface area contributed by atoms with Crippen LogP contribution in [0.4, 0.5) is 5.82 Å². The summed E-state index contributed by atoms with van der Waals surface area (Å²) in [6.45, 7) is 7.00. The first-order valence-electron chi connectivity index (χ1n) is 9.89. The lowest BCUT2D eigenvalue weighted by Gasteiger charge is -2.29. The zero-order valence-corrected chi connectivity index (χ0v) is 18.1. The van der Waals surface area contributed by atoms with Crippen molar-refractivity contribution in [2.45, 2.75) is 52.5 Å². The van der Waals surface area contributed by atoms with Crippen molar-refractivity contribution < 1.29 is 9.90 Å². The largest absolute Gasteiger partial charge is 0.478 e. The third-order valence-electron chi connectivity index (χ3n) is 5.87. The van der Waals surface area contributed by atoms with Gasteiger partial charge in [-0.25, -0.2) is 9.78 Å². The molecule has 0 aromatic carbocycles. The normalized spacial score (nSPS) is 18.3. The van der Waals surface area contributed by atoms with E-state index in [0.717, 1.165) is 59.9 Å². The Morgan fingerprint density at radius 2 is 2.11 bits per heavy atom. The van der Waals surface area contributed by atoms with Crippen LogP contribution in [0.5, 0.6) is 0 Å². The van der Waals surface area contributed by atoms with E-state index >= 15 is 0 Å². The smallest absolute Gasteiger partial charge is 0.337 e. The number of carboxylic acid groups (broad SMARTS) is 1. The van der Waals surface area contributed by atoms with E-state index in [1.165, 1.54) is 17.7 Å². The third-order valence-corrected chi connectivity index (χ3v) is 7.35. The van der Waals surface area contributed by atoms with Crippen molar-refractivity contribution in [2.75, 3.05) is 18.0 Å². The first-order chi connectivity index (χ1) is 13.4. The van der Waals surface area contributed by atoms with Crippen LogP contribution in [0.1, 0.15) is 59.6 Å². The van der Waals surface area contributed by atoms with Crippen LogP contribution < -0.4 is 9.62 Å². The summed E-state index contributed by atoms with van der Waals surface area (Å²) in [5, 5.41) is 10.0. The predicted molar refractivity (Wildman–Crippen MR) is 118 cm³/mol. The van der Waals surface area contributed by atoms with Gasteiger partial charge in [0.05, 0.1) is 16.1 Å². The molecule has 2 aliphatic rings. The molecule has 0 bridgehead atoms. The Bertz CT molecular complexity index is 901. The summed E-state index contributed by atoms with van der Waals surface area (Å²) in [6, 6.07) is 4.09. The Balaban J connectivity index is 1.82. The third kappa shape index (κ3) is 3.67. The fraction of sp³-hybridized carbons (Fsp3) is 0.524. The summed E-state index contributed by atoms with van der Waals surface area (Å²) in [6.07, 6.45) is 5.25. The van der Waals surface area contributed by atoms with E-state index in [9.17, 15) is 9.90 Å². The summed E-state index contributed by atoms with van der Waals surface area (Å²) in [7, 11) is 0. The van der Waals surface area contributed by atoms with E-state index < -0.39 is 5.97 Å². The Labute approximate surface area is 175 Å². The van der Waals surface area contributed by atoms with Gasteiger partial charge in [0.2, 0.25) is 0 Å². The van der Waals surface area contributed by atoms with Crippen LogP contribution in [0, 0.1) is 5.41 Å². The first kappa shape index (κ1) is 19.7. The number of anilines is 1. The van der Waals surface area contributed by atoms with Gasteiger partial charge in [-0.05, 0) is 55.2 Å². The van der Waals surface area contributed by atoms with E-state index in [1.54, 1.807) is 11.3 Å². The predicted octanol–water partition coefficient (Wildman–Crippen LogP) is 4.56. The lowest BCUT2D eigenvalue weighted by molar-refractivity contribution is 0.0696. The van der Waals surface area contributed by atoms with E-state index in [-0.39, 0.29) is 5.41 Å². The number of pyridine rings is 1. The van der Waals surface area contributed by atoms with Gasteiger partial charge in [-0.15, -0.1) is 11.3 Å². The number of aryl methyl sites for hydroxylation is 1. The molecule has 0 atom stereocenters. The van der Waals surface area contributed by atoms with Crippen LogP contribution in [0.15, 0.2) is 12.1 Å². The van der Waals surface area contributed by atoms with Crippen LogP contribution in [0.3, 0.4) is 0 Å². The van der Waals surface area contributed by atoms with Gasteiger partial charge < -0.3 is 10.0 Å². The lowest BCUT2D eigenvalue weighted by Crippen LogP contribution is -2.22. The molecule has 2 aromatic heterocycles. The number of aromatic carboxylic acids is 1. The van der Waals surface area contributed by atoms with Crippen LogP contribution in [-0.2, 0) is 19.4 Å². The van der Waals surface area contributed by atoms with Crippen LogP contribution >= 0.6 is 24.2 Å². The quantitative estimate of drug-likeness (QED) is 0.623. The first-order valence-corrected chi connectivity index (χ1v) is 11.2. The molecule has 0 spiro atoms. The number of nitrogens with zero attached hydrogens (tertiary/aromatic N) is 2. The Morgan fingerprint density at radius 3 is 2.79 bits per heavy atom. The number of carboxylic acids is 1. The molecule has 0 saturated carbocycles.